The van der Waals surface area contributed by atoms with Crippen LogP contribution in [0.5, 0.6) is 11.6 Å². The standard InChI is InChI=1S/C11H6ClF3N4O5/c1-17-9(11(13,14)15)8(12)10(16-17)24-5-2-3-6(18(20)21)7(4-5)19(22)23/h2-4H,1H3. The lowest BCUT2D eigenvalue weighted by Gasteiger charge is -2.06. The third-order valence-corrected chi connectivity index (χ3v) is 3.12. The molecule has 1 heterocycles. The third kappa shape index (κ3) is 3.22. The van der Waals surface area contributed by atoms with Gasteiger partial charge >= 0.3 is 17.6 Å². The molecular formula is C11H6ClF3N4O5. The summed E-state index contributed by atoms with van der Waals surface area (Å²) in [6, 6.07) is 2.45. The number of nitrogens with zero attached hydrogens (tertiary/aromatic N) is 4. The topological polar surface area (TPSA) is 113 Å². The van der Waals surface area contributed by atoms with Gasteiger partial charge in [0, 0.05) is 13.1 Å². The highest BCUT2D eigenvalue weighted by Crippen LogP contribution is 2.41. The van der Waals surface area contributed by atoms with Gasteiger partial charge in [-0.2, -0.15) is 13.2 Å². The highest BCUT2D eigenvalue weighted by atomic mass is 35.5. The average Bonchev–Trinajstić information content (AvgIpc) is 2.72. The van der Waals surface area contributed by atoms with Gasteiger partial charge in [0.15, 0.2) is 5.69 Å². The summed E-state index contributed by atoms with van der Waals surface area (Å²) in [5, 5.41) is 24.1. The molecule has 9 nitrogen and oxygen atoms in total. The largest absolute Gasteiger partial charge is 0.436 e. The van der Waals surface area contributed by atoms with Crippen LogP contribution in [0.1, 0.15) is 5.69 Å². The maximum Gasteiger partial charge on any atom is 0.434 e. The molecule has 0 radical (unpaired) electrons. The number of nitro groups is 2. The van der Waals surface area contributed by atoms with Crippen LogP contribution in [0.25, 0.3) is 0 Å². The van der Waals surface area contributed by atoms with E-state index >= 15 is 0 Å². The van der Waals surface area contributed by atoms with Crippen molar-refractivity contribution in [1.82, 2.24) is 9.78 Å². The van der Waals surface area contributed by atoms with E-state index in [2.05, 4.69) is 5.10 Å². The van der Waals surface area contributed by atoms with Crippen LogP contribution >= 0.6 is 11.6 Å². The third-order valence-electron chi connectivity index (χ3n) is 2.78. The van der Waals surface area contributed by atoms with Gasteiger partial charge in [0.1, 0.15) is 10.8 Å². The average molecular weight is 367 g/mol. The molecular weight excluding hydrogens is 361 g/mol. The molecule has 0 N–H and O–H groups in total. The van der Waals surface area contributed by atoms with Crippen molar-refractivity contribution in [3.63, 3.8) is 0 Å². The zero-order valence-electron chi connectivity index (χ0n) is 11.6. The smallest absolute Gasteiger partial charge is 0.434 e. The fourth-order valence-corrected chi connectivity index (χ4v) is 2.13. The van der Waals surface area contributed by atoms with Crippen LogP contribution < -0.4 is 4.74 Å². The number of aryl methyl sites for hydroxylation is 1. The number of rotatable bonds is 4. The molecule has 0 spiro atoms. The molecule has 0 amide bonds. The Morgan fingerprint density at radius 3 is 2.25 bits per heavy atom. The van der Waals surface area contributed by atoms with Crippen molar-refractivity contribution in [2.75, 3.05) is 0 Å². The van der Waals surface area contributed by atoms with Crippen LogP contribution in [0.4, 0.5) is 24.5 Å². The Morgan fingerprint density at radius 2 is 1.79 bits per heavy atom. The van der Waals surface area contributed by atoms with E-state index in [-0.39, 0.29) is 5.75 Å². The summed E-state index contributed by atoms with van der Waals surface area (Å²) in [5.41, 5.74) is -2.95. The van der Waals surface area contributed by atoms with Crippen LogP contribution in [-0.4, -0.2) is 19.6 Å². The van der Waals surface area contributed by atoms with E-state index in [9.17, 15) is 33.4 Å². The SMILES string of the molecule is Cn1nc(Oc2ccc([N+](=O)[O-])c([N+](=O)[O-])c2)c(Cl)c1C(F)(F)F. The number of alkyl halides is 3. The molecule has 0 unspecified atom stereocenters. The minimum atomic E-state index is -4.79. The number of hydrogen-bond donors (Lipinski definition) is 0. The number of benzene rings is 1. The van der Waals surface area contributed by atoms with Crippen molar-refractivity contribution in [2.45, 2.75) is 6.18 Å². The number of nitro benzene ring substituents is 2. The monoisotopic (exact) mass is 366 g/mol. The molecule has 0 atom stereocenters. The van der Waals surface area contributed by atoms with E-state index in [0.29, 0.717) is 10.7 Å². The zero-order chi connectivity index (χ0) is 18.2. The van der Waals surface area contributed by atoms with Gasteiger partial charge in [-0.15, -0.1) is 5.10 Å². The number of halogens is 4. The van der Waals surface area contributed by atoms with E-state index in [1.54, 1.807) is 0 Å². The van der Waals surface area contributed by atoms with Crippen molar-refractivity contribution in [2.24, 2.45) is 7.05 Å². The Morgan fingerprint density at radius 1 is 1.21 bits per heavy atom. The quantitative estimate of drug-likeness (QED) is 0.602. The van der Waals surface area contributed by atoms with Crippen LogP contribution in [-0.2, 0) is 13.2 Å². The van der Waals surface area contributed by atoms with Gasteiger partial charge in [-0.05, 0) is 6.07 Å². The molecule has 0 bridgehead atoms. The molecule has 0 saturated heterocycles. The second-order valence-corrected chi connectivity index (χ2v) is 4.73. The van der Waals surface area contributed by atoms with Gasteiger partial charge in [0.2, 0.25) is 0 Å². The normalized spacial score (nSPS) is 11.4. The highest BCUT2D eigenvalue weighted by Gasteiger charge is 2.39. The fourth-order valence-electron chi connectivity index (χ4n) is 1.83. The summed E-state index contributed by atoms with van der Waals surface area (Å²) in [6.07, 6.45) is -4.79. The van der Waals surface area contributed by atoms with Crippen LogP contribution in [0, 0.1) is 20.2 Å². The number of hydrogen-bond acceptors (Lipinski definition) is 6. The summed E-state index contributed by atoms with van der Waals surface area (Å²) in [6.45, 7) is 0. The van der Waals surface area contributed by atoms with Gasteiger partial charge in [-0.25, -0.2) is 0 Å². The molecule has 0 aliphatic heterocycles. The van der Waals surface area contributed by atoms with E-state index < -0.39 is 44.0 Å². The predicted octanol–water partition coefficient (Wildman–Crippen LogP) is 3.70. The lowest BCUT2D eigenvalue weighted by molar-refractivity contribution is -0.422. The molecule has 13 heteroatoms. The van der Waals surface area contributed by atoms with Crippen LogP contribution in [0.3, 0.4) is 0 Å². The molecule has 24 heavy (non-hydrogen) atoms. The first-order valence-electron chi connectivity index (χ1n) is 5.92. The van der Waals surface area contributed by atoms with Gasteiger partial charge in [0.25, 0.3) is 5.88 Å². The fraction of sp³-hybridized carbons (Fsp3) is 0.182. The Hall–Kier alpha value is -2.89. The maximum absolute atomic E-state index is 12.8. The summed E-state index contributed by atoms with van der Waals surface area (Å²) in [5.74, 6) is -0.976. The Labute approximate surface area is 135 Å². The van der Waals surface area contributed by atoms with E-state index in [1.165, 1.54) is 0 Å². The molecule has 1 aromatic heterocycles. The van der Waals surface area contributed by atoms with Crippen molar-refractivity contribution in [3.8, 4) is 11.6 Å². The first-order valence-corrected chi connectivity index (χ1v) is 6.30. The van der Waals surface area contributed by atoms with Gasteiger partial charge in [-0.3, -0.25) is 24.9 Å². The second-order valence-electron chi connectivity index (χ2n) is 4.36. The van der Waals surface area contributed by atoms with Crippen molar-refractivity contribution >= 4 is 23.0 Å². The summed E-state index contributed by atoms with van der Waals surface area (Å²) in [7, 11) is 0.986. The Bertz CT molecular complexity index is 836. The molecule has 2 rings (SSSR count). The minimum absolute atomic E-state index is 0.332. The first kappa shape index (κ1) is 17.5. The van der Waals surface area contributed by atoms with Gasteiger partial charge in [0.05, 0.1) is 15.9 Å². The number of aromatic nitrogens is 2. The Balaban J connectivity index is 2.45. The molecule has 0 fully saturated rings. The van der Waals surface area contributed by atoms with Gasteiger partial charge in [-0.1, -0.05) is 11.6 Å². The summed E-state index contributed by atoms with van der Waals surface area (Å²) in [4.78, 5) is 19.5. The Kier molecular flexibility index (Phi) is 4.34. The van der Waals surface area contributed by atoms with E-state index in [4.69, 9.17) is 16.3 Å². The molecule has 0 saturated carbocycles. The van der Waals surface area contributed by atoms with E-state index in [1.807, 2.05) is 0 Å². The summed E-state index contributed by atoms with van der Waals surface area (Å²) >= 11 is 5.58. The van der Waals surface area contributed by atoms with Crippen LogP contribution in [0.15, 0.2) is 18.2 Å². The maximum atomic E-state index is 12.8. The lowest BCUT2D eigenvalue weighted by Crippen LogP contribution is -2.12. The lowest BCUT2D eigenvalue weighted by atomic mass is 10.2. The molecule has 2 aromatic rings. The number of ether oxygens (including phenoxy) is 1. The molecule has 0 aliphatic rings. The first-order chi connectivity index (χ1) is 11.0. The summed E-state index contributed by atoms with van der Waals surface area (Å²) < 4.78 is 43.9. The highest BCUT2D eigenvalue weighted by molar-refractivity contribution is 6.32. The zero-order valence-corrected chi connectivity index (χ0v) is 12.3. The molecule has 0 aliphatic carbocycles. The van der Waals surface area contributed by atoms with E-state index in [0.717, 1.165) is 19.2 Å². The van der Waals surface area contributed by atoms with Crippen LogP contribution in [0.2, 0.25) is 5.02 Å². The van der Waals surface area contributed by atoms with Crippen molar-refractivity contribution in [3.05, 3.63) is 49.1 Å². The van der Waals surface area contributed by atoms with Gasteiger partial charge < -0.3 is 4.74 Å². The van der Waals surface area contributed by atoms with Crippen molar-refractivity contribution < 1.29 is 27.8 Å². The molecule has 1 aromatic carbocycles. The van der Waals surface area contributed by atoms with Crippen molar-refractivity contribution in [1.29, 1.82) is 0 Å². The second kappa shape index (κ2) is 5.96. The predicted molar refractivity (Wildman–Crippen MR) is 73.0 cm³/mol. The molecule has 128 valence electrons. The minimum Gasteiger partial charge on any atom is -0.436 e.